The van der Waals surface area contributed by atoms with Crippen LogP contribution in [0.1, 0.15) is 17.0 Å². The van der Waals surface area contributed by atoms with E-state index in [2.05, 4.69) is 6.07 Å². The Hall–Kier alpha value is -1.49. The standard InChI is InChI=1S/C15H11Cl2N/c16-13-6-7-14(15(17)9-13)12(10-18)8-11-4-2-1-3-5-11/h1-7,9,12H,8H2/t12-/m1/s1. The van der Waals surface area contributed by atoms with Crippen molar-refractivity contribution in [2.45, 2.75) is 12.3 Å². The fourth-order valence-electron chi connectivity index (χ4n) is 1.86. The molecule has 90 valence electrons. The van der Waals surface area contributed by atoms with Gasteiger partial charge in [0.15, 0.2) is 0 Å². The van der Waals surface area contributed by atoms with Gasteiger partial charge in [-0.2, -0.15) is 5.26 Å². The minimum atomic E-state index is -0.253. The maximum absolute atomic E-state index is 9.29. The second kappa shape index (κ2) is 5.91. The number of nitrogens with zero attached hydrogens (tertiary/aromatic N) is 1. The van der Waals surface area contributed by atoms with Gasteiger partial charge in [0.25, 0.3) is 0 Å². The van der Waals surface area contributed by atoms with Gasteiger partial charge >= 0.3 is 0 Å². The van der Waals surface area contributed by atoms with Gasteiger partial charge in [0, 0.05) is 10.0 Å². The maximum Gasteiger partial charge on any atom is 0.0767 e. The van der Waals surface area contributed by atoms with Gasteiger partial charge in [0.1, 0.15) is 0 Å². The van der Waals surface area contributed by atoms with Crippen LogP contribution in [0, 0.1) is 11.3 Å². The maximum atomic E-state index is 9.29. The monoisotopic (exact) mass is 275 g/mol. The van der Waals surface area contributed by atoms with Crippen molar-refractivity contribution in [1.82, 2.24) is 0 Å². The molecular formula is C15H11Cl2N. The molecule has 0 radical (unpaired) electrons. The van der Waals surface area contributed by atoms with Gasteiger partial charge in [-0.1, -0.05) is 59.6 Å². The fourth-order valence-corrected chi connectivity index (χ4v) is 2.40. The molecule has 0 N–H and O–H groups in total. The Balaban J connectivity index is 2.27. The summed E-state index contributed by atoms with van der Waals surface area (Å²) < 4.78 is 0. The summed E-state index contributed by atoms with van der Waals surface area (Å²) in [6, 6.07) is 17.5. The predicted octanol–water partition coefficient (Wildman–Crippen LogP) is 4.84. The van der Waals surface area contributed by atoms with E-state index in [1.807, 2.05) is 36.4 Å². The lowest BCUT2D eigenvalue weighted by Gasteiger charge is -2.11. The van der Waals surface area contributed by atoms with Crippen molar-refractivity contribution in [1.29, 1.82) is 5.26 Å². The molecule has 0 bridgehead atoms. The molecule has 0 heterocycles. The summed E-state index contributed by atoms with van der Waals surface area (Å²) in [5, 5.41) is 10.4. The Morgan fingerprint density at radius 2 is 1.78 bits per heavy atom. The number of hydrogen-bond acceptors (Lipinski definition) is 1. The average Bonchev–Trinajstić information content (AvgIpc) is 2.38. The van der Waals surface area contributed by atoms with Gasteiger partial charge in [0.05, 0.1) is 12.0 Å². The minimum absolute atomic E-state index is 0.253. The lowest BCUT2D eigenvalue weighted by Crippen LogP contribution is -2.01. The van der Waals surface area contributed by atoms with Crippen LogP contribution < -0.4 is 0 Å². The highest BCUT2D eigenvalue weighted by Gasteiger charge is 2.15. The van der Waals surface area contributed by atoms with Gasteiger partial charge in [-0.25, -0.2) is 0 Å². The third kappa shape index (κ3) is 3.04. The number of nitriles is 1. The Labute approximate surface area is 117 Å². The minimum Gasteiger partial charge on any atom is -0.198 e. The van der Waals surface area contributed by atoms with Crippen LogP contribution in [0.4, 0.5) is 0 Å². The third-order valence-corrected chi connectivity index (χ3v) is 3.34. The van der Waals surface area contributed by atoms with E-state index in [9.17, 15) is 5.26 Å². The molecule has 0 spiro atoms. The summed E-state index contributed by atoms with van der Waals surface area (Å²) in [4.78, 5) is 0. The Kier molecular flexibility index (Phi) is 4.25. The smallest absolute Gasteiger partial charge is 0.0767 e. The zero-order chi connectivity index (χ0) is 13.0. The molecule has 0 aromatic heterocycles. The van der Waals surface area contributed by atoms with Gasteiger partial charge < -0.3 is 0 Å². The van der Waals surface area contributed by atoms with Crippen LogP contribution in [0.25, 0.3) is 0 Å². The fraction of sp³-hybridized carbons (Fsp3) is 0.133. The molecule has 3 heteroatoms. The summed E-state index contributed by atoms with van der Waals surface area (Å²) >= 11 is 12.0. The molecule has 0 aliphatic heterocycles. The van der Waals surface area contributed by atoms with E-state index in [4.69, 9.17) is 23.2 Å². The van der Waals surface area contributed by atoms with Gasteiger partial charge in [0.2, 0.25) is 0 Å². The summed E-state index contributed by atoms with van der Waals surface area (Å²) in [6.07, 6.45) is 0.651. The van der Waals surface area contributed by atoms with Crippen molar-refractivity contribution < 1.29 is 0 Å². The molecule has 2 aromatic carbocycles. The molecule has 2 rings (SSSR count). The molecule has 1 nitrogen and oxygen atoms in total. The highest BCUT2D eigenvalue weighted by atomic mass is 35.5. The third-order valence-electron chi connectivity index (χ3n) is 2.78. The van der Waals surface area contributed by atoms with Crippen LogP contribution >= 0.6 is 23.2 Å². The summed E-state index contributed by atoms with van der Waals surface area (Å²) in [5.74, 6) is -0.253. The van der Waals surface area contributed by atoms with Gasteiger partial charge in [-0.05, 0) is 29.7 Å². The van der Waals surface area contributed by atoms with E-state index >= 15 is 0 Å². The molecule has 0 saturated carbocycles. The van der Waals surface area contributed by atoms with Crippen molar-refractivity contribution in [3.05, 3.63) is 69.7 Å². The number of hydrogen-bond donors (Lipinski definition) is 0. The Morgan fingerprint density at radius 1 is 1.06 bits per heavy atom. The summed E-state index contributed by atoms with van der Waals surface area (Å²) in [6.45, 7) is 0. The van der Waals surface area contributed by atoms with Crippen molar-refractivity contribution in [3.63, 3.8) is 0 Å². The number of halogens is 2. The first-order chi connectivity index (χ1) is 8.70. The van der Waals surface area contributed by atoms with E-state index < -0.39 is 0 Å². The first-order valence-electron chi connectivity index (χ1n) is 5.59. The second-order valence-corrected chi connectivity index (χ2v) is 4.88. The van der Waals surface area contributed by atoms with Crippen LogP contribution in [0.5, 0.6) is 0 Å². The van der Waals surface area contributed by atoms with Crippen LogP contribution in [0.3, 0.4) is 0 Å². The largest absolute Gasteiger partial charge is 0.198 e. The molecule has 0 amide bonds. The van der Waals surface area contributed by atoms with E-state index in [0.717, 1.165) is 11.1 Å². The molecule has 0 fully saturated rings. The van der Waals surface area contributed by atoms with Crippen molar-refractivity contribution in [2.75, 3.05) is 0 Å². The Bertz CT molecular complexity index is 573. The van der Waals surface area contributed by atoms with Crippen molar-refractivity contribution in [2.24, 2.45) is 0 Å². The summed E-state index contributed by atoms with van der Waals surface area (Å²) in [5.41, 5.74) is 1.95. The number of rotatable bonds is 3. The molecule has 0 saturated heterocycles. The topological polar surface area (TPSA) is 23.8 Å². The highest BCUT2D eigenvalue weighted by Crippen LogP contribution is 2.29. The van der Waals surface area contributed by atoms with Crippen LogP contribution in [0.15, 0.2) is 48.5 Å². The molecule has 1 atom stereocenters. The lowest BCUT2D eigenvalue weighted by molar-refractivity contribution is 0.849. The van der Waals surface area contributed by atoms with E-state index in [1.165, 1.54) is 0 Å². The molecule has 0 aliphatic carbocycles. The van der Waals surface area contributed by atoms with Crippen LogP contribution in [-0.2, 0) is 6.42 Å². The van der Waals surface area contributed by atoms with Crippen molar-refractivity contribution in [3.8, 4) is 6.07 Å². The van der Waals surface area contributed by atoms with Crippen molar-refractivity contribution >= 4 is 23.2 Å². The van der Waals surface area contributed by atoms with E-state index in [0.29, 0.717) is 16.5 Å². The SMILES string of the molecule is N#C[C@@H](Cc1ccccc1)c1ccc(Cl)cc1Cl. The Morgan fingerprint density at radius 3 is 2.39 bits per heavy atom. The van der Waals surface area contributed by atoms with Crippen LogP contribution in [-0.4, -0.2) is 0 Å². The van der Waals surface area contributed by atoms with Crippen LogP contribution in [0.2, 0.25) is 10.0 Å². The van der Waals surface area contributed by atoms with E-state index in [1.54, 1.807) is 12.1 Å². The molecule has 18 heavy (non-hydrogen) atoms. The average molecular weight is 276 g/mol. The summed E-state index contributed by atoms with van der Waals surface area (Å²) in [7, 11) is 0. The predicted molar refractivity (Wildman–Crippen MR) is 75.0 cm³/mol. The quantitative estimate of drug-likeness (QED) is 0.786. The zero-order valence-corrected chi connectivity index (χ0v) is 11.1. The number of benzene rings is 2. The van der Waals surface area contributed by atoms with E-state index in [-0.39, 0.29) is 5.92 Å². The van der Waals surface area contributed by atoms with Gasteiger partial charge in [-0.3, -0.25) is 0 Å². The first-order valence-corrected chi connectivity index (χ1v) is 6.35. The molecule has 0 aliphatic rings. The van der Waals surface area contributed by atoms with Gasteiger partial charge in [-0.15, -0.1) is 0 Å². The first kappa shape index (κ1) is 13.0. The zero-order valence-electron chi connectivity index (χ0n) is 9.61. The molecule has 2 aromatic rings. The second-order valence-electron chi connectivity index (χ2n) is 4.04. The molecular weight excluding hydrogens is 265 g/mol. The molecule has 0 unspecified atom stereocenters. The highest BCUT2D eigenvalue weighted by molar-refractivity contribution is 6.35. The normalized spacial score (nSPS) is 11.8. The lowest BCUT2D eigenvalue weighted by atomic mass is 9.93.